The molecule has 6 rings (SSSR count). The third-order valence-corrected chi connectivity index (χ3v) is 7.73. The van der Waals surface area contributed by atoms with Crippen LogP contribution >= 0.6 is 11.6 Å². The van der Waals surface area contributed by atoms with Crippen LogP contribution in [0.4, 0.5) is 11.5 Å². The molecule has 0 radical (unpaired) electrons. The van der Waals surface area contributed by atoms with E-state index in [2.05, 4.69) is 15.6 Å². The number of nitrogens with zero attached hydrogens (tertiary/aromatic N) is 4. The van der Waals surface area contributed by atoms with Crippen molar-refractivity contribution in [3.8, 4) is 34.0 Å². The number of hydrogen-bond donors (Lipinski definition) is 3. The van der Waals surface area contributed by atoms with Crippen LogP contribution in [0.2, 0.25) is 5.02 Å². The number of nitrogen functional groups attached to an aromatic ring is 1. The Morgan fingerprint density at radius 2 is 1.88 bits per heavy atom. The Balaban J connectivity index is 1.22. The van der Waals surface area contributed by atoms with Crippen LogP contribution in [-0.4, -0.2) is 44.4 Å². The van der Waals surface area contributed by atoms with E-state index in [-0.39, 0.29) is 17.5 Å². The molecule has 1 atom stereocenters. The molecule has 0 aliphatic carbocycles. The van der Waals surface area contributed by atoms with Crippen molar-refractivity contribution in [3.63, 3.8) is 0 Å². The second-order valence-corrected chi connectivity index (χ2v) is 10.8. The van der Waals surface area contributed by atoms with Crippen LogP contribution in [0, 0.1) is 6.92 Å². The maximum absolute atomic E-state index is 13.3. The first-order valence-electron chi connectivity index (χ1n) is 13.8. The lowest BCUT2D eigenvalue weighted by molar-refractivity contribution is 0.102. The van der Waals surface area contributed by atoms with Gasteiger partial charge in [-0.2, -0.15) is 0 Å². The Labute approximate surface area is 253 Å². The molecule has 218 valence electrons. The minimum atomic E-state index is -0.511. The Hall–Kier alpha value is -4.93. The fraction of sp³-hybridized carbons (Fsp3) is 0.188. The monoisotopic (exact) mass is 595 g/mol. The van der Waals surface area contributed by atoms with E-state index >= 15 is 0 Å². The number of rotatable bonds is 7. The van der Waals surface area contributed by atoms with Gasteiger partial charge in [0.25, 0.3) is 11.5 Å². The van der Waals surface area contributed by atoms with Crippen molar-refractivity contribution in [2.24, 2.45) is 7.05 Å². The molecule has 1 aliphatic heterocycles. The van der Waals surface area contributed by atoms with E-state index in [1.165, 1.54) is 4.68 Å². The topological polar surface area (TPSA) is 129 Å². The number of ether oxygens (including phenoxy) is 1. The molecule has 1 aliphatic rings. The quantitative estimate of drug-likeness (QED) is 0.246. The Bertz CT molecular complexity index is 1880. The standard InChI is InChI=1S/C32H30ClN7O3/c1-19-28(32(42)40(39(19)2)24-7-4-6-22(33)16-24)31(41)37-23-11-9-20(10-12-23)29-30(34)36-18-27(38-29)21-5-3-8-25(15-21)43-26-13-14-35-17-26/h3-12,15-16,18,26,35H,13-14,17H2,1-2H3,(H2,34,36)(H,37,41). The van der Waals surface area contributed by atoms with Crippen LogP contribution in [0.25, 0.3) is 28.2 Å². The zero-order chi connectivity index (χ0) is 30.1. The van der Waals surface area contributed by atoms with Crippen molar-refractivity contribution in [3.05, 3.63) is 106 Å². The SMILES string of the molecule is Cc1c(C(=O)Nc2ccc(-c3nc(-c4cccc(OC5CCNC5)c4)cnc3N)cc2)c(=O)n(-c2cccc(Cl)c2)n1C. The summed E-state index contributed by atoms with van der Waals surface area (Å²) in [4.78, 5) is 35.7. The van der Waals surface area contributed by atoms with E-state index in [1.807, 2.05) is 24.3 Å². The summed E-state index contributed by atoms with van der Waals surface area (Å²) in [6.07, 6.45) is 2.76. The molecule has 0 spiro atoms. The second kappa shape index (κ2) is 11.7. The number of hydrogen-bond acceptors (Lipinski definition) is 7. The van der Waals surface area contributed by atoms with Gasteiger partial charge in [0.05, 0.1) is 23.3 Å². The van der Waals surface area contributed by atoms with Crippen LogP contribution < -0.4 is 26.7 Å². The molecule has 5 aromatic rings. The number of anilines is 2. The molecular weight excluding hydrogens is 566 g/mol. The average molecular weight is 596 g/mol. The van der Waals surface area contributed by atoms with E-state index in [0.29, 0.717) is 33.5 Å². The molecule has 10 nitrogen and oxygen atoms in total. The molecule has 1 fully saturated rings. The van der Waals surface area contributed by atoms with Crippen LogP contribution in [0.15, 0.2) is 83.8 Å². The first-order valence-corrected chi connectivity index (χ1v) is 14.2. The minimum Gasteiger partial charge on any atom is -0.489 e. The van der Waals surface area contributed by atoms with Gasteiger partial charge in [-0.1, -0.05) is 41.9 Å². The number of nitrogens with two attached hydrogens (primary N) is 1. The molecule has 0 bridgehead atoms. The average Bonchev–Trinajstić information content (AvgIpc) is 3.59. The molecule has 4 N–H and O–H groups in total. The molecule has 1 unspecified atom stereocenters. The molecule has 1 saturated heterocycles. The Morgan fingerprint density at radius 1 is 1.09 bits per heavy atom. The van der Waals surface area contributed by atoms with Crippen molar-refractivity contribution >= 4 is 29.0 Å². The molecule has 3 heterocycles. The maximum Gasteiger partial charge on any atom is 0.284 e. The van der Waals surface area contributed by atoms with E-state index in [4.69, 9.17) is 27.1 Å². The van der Waals surface area contributed by atoms with Crippen LogP contribution in [0.1, 0.15) is 22.5 Å². The van der Waals surface area contributed by atoms with Gasteiger partial charge in [0.15, 0.2) is 0 Å². The summed E-state index contributed by atoms with van der Waals surface area (Å²) in [6, 6.07) is 21.7. The van der Waals surface area contributed by atoms with E-state index < -0.39 is 11.5 Å². The molecular formula is C32H30ClN7O3. The van der Waals surface area contributed by atoms with Gasteiger partial charge in [-0.25, -0.2) is 14.6 Å². The minimum absolute atomic E-state index is 0.0461. The van der Waals surface area contributed by atoms with E-state index in [9.17, 15) is 9.59 Å². The van der Waals surface area contributed by atoms with Crippen molar-refractivity contribution in [2.45, 2.75) is 19.4 Å². The largest absolute Gasteiger partial charge is 0.489 e. The predicted octanol–water partition coefficient (Wildman–Crippen LogP) is 4.84. The van der Waals surface area contributed by atoms with Crippen molar-refractivity contribution in [2.75, 3.05) is 24.1 Å². The number of aromatic nitrogens is 4. The fourth-order valence-electron chi connectivity index (χ4n) is 5.17. The fourth-order valence-corrected chi connectivity index (χ4v) is 5.36. The van der Waals surface area contributed by atoms with Gasteiger partial charge in [-0.3, -0.25) is 14.3 Å². The van der Waals surface area contributed by atoms with Gasteiger partial charge in [0.1, 0.15) is 28.9 Å². The lowest BCUT2D eigenvalue weighted by Crippen LogP contribution is -2.25. The summed E-state index contributed by atoms with van der Waals surface area (Å²) in [6.45, 7) is 3.51. The third-order valence-electron chi connectivity index (χ3n) is 7.50. The normalized spacial score (nSPS) is 14.5. The zero-order valence-electron chi connectivity index (χ0n) is 23.7. The molecule has 0 saturated carbocycles. The van der Waals surface area contributed by atoms with Crippen LogP contribution in [0.3, 0.4) is 0 Å². The number of benzene rings is 3. The number of carbonyl (C=O) groups excluding carboxylic acids is 1. The van der Waals surface area contributed by atoms with Crippen molar-refractivity contribution < 1.29 is 9.53 Å². The number of halogens is 1. The summed E-state index contributed by atoms with van der Waals surface area (Å²) < 4.78 is 9.16. The molecule has 3 aromatic carbocycles. The van der Waals surface area contributed by atoms with E-state index in [0.717, 1.165) is 36.4 Å². The highest BCUT2D eigenvalue weighted by Gasteiger charge is 2.23. The lowest BCUT2D eigenvalue weighted by Gasteiger charge is -2.13. The Kier molecular flexibility index (Phi) is 7.71. The summed E-state index contributed by atoms with van der Waals surface area (Å²) >= 11 is 6.13. The van der Waals surface area contributed by atoms with Gasteiger partial charge in [0.2, 0.25) is 0 Å². The van der Waals surface area contributed by atoms with Gasteiger partial charge in [-0.15, -0.1) is 0 Å². The van der Waals surface area contributed by atoms with Crippen molar-refractivity contribution in [1.82, 2.24) is 24.6 Å². The highest BCUT2D eigenvalue weighted by Crippen LogP contribution is 2.29. The smallest absolute Gasteiger partial charge is 0.284 e. The number of amides is 1. The van der Waals surface area contributed by atoms with Gasteiger partial charge < -0.3 is 21.1 Å². The molecule has 1 amide bonds. The Morgan fingerprint density at radius 3 is 2.63 bits per heavy atom. The lowest BCUT2D eigenvalue weighted by atomic mass is 10.1. The first-order chi connectivity index (χ1) is 20.8. The van der Waals surface area contributed by atoms with Gasteiger partial charge >= 0.3 is 0 Å². The maximum atomic E-state index is 13.3. The van der Waals surface area contributed by atoms with Crippen LogP contribution in [0.5, 0.6) is 5.75 Å². The summed E-state index contributed by atoms with van der Waals surface area (Å²) in [7, 11) is 1.72. The molecule has 11 heteroatoms. The van der Waals surface area contributed by atoms with Crippen molar-refractivity contribution in [1.29, 1.82) is 0 Å². The summed E-state index contributed by atoms with van der Waals surface area (Å²) in [5.41, 5.74) is 10.2. The zero-order valence-corrected chi connectivity index (χ0v) is 24.4. The molecule has 2 aromatic heterocycles. The highest BCUT2D eigenvalue weighted by atomic mass is 35.5. The second-order valence-electron chi connectivity index (χ2n) is 10.4. The summed E-state index contributed by atoms with van der Waals surface area (Å²) in [5, 5.41) is 6.63. The predicted molar refractivity (Wildman–Crippen MR) is 168 cm³/mol. The third kappa shape index (κ3) is 5.75. The van der Waals surface area contributed by atoms with E-state index in [1.54, 1.807) is 73.4 Å². The first kappa shape index (κ1) is 28.2. The molecule has 43 heavy (non-hydrogen) atoms. The summed E-state index contributed by atoms with van der Waals surface area (Å²) in [5.74, 6) is 0.550. The van der Waals surface area contributed by atoms with Crippen LogP contribution in [-0.2, 0) is 7.05 Å². The van der Waals surface area contributed by atoms with Gasteiger partial charge in [-0.05, 0) is 62.4 Å². The number of carbonyl (C=O) groups is 1. The number of nitrogens with one attached hydrogen (secondary N) is 2. The van der Waals surface area contributed by atoms with Gasteiger partial charge in [0, 0.05) is 35.4 Å². The highest BCUT2D eigenvalue weighted by molar-refractivity contribution is 6.30.